The minimum atomic E-state index is -0.372. The van der Waals surface area contributed by atoms with E-state index in [0.29, 0.717) is 37.1 Å². The second-order valence-corrected chi connectivity index (χ2v) is 4.52. The van der Waals surface area contributed by atoms with E-state index in [0.717, 1.165) is 11.9 Å². The molecule has 0 saturated carbocycles. The number of fused-ring (bicyclic) bond motifs is 1. The van der Waals surface area contributed by atoms with Gasteiger partial charge in [0.05, 0.1) is 5.52 Å². The van der Waals surface area contributed by atoms with Crippen molar-refractivity contribution in [1.82, 2.24) is 4.57 Å². The normalized spacial score (nSPS) is 11.1. The smallest absolute Gasteiger partial charge is 0.408 e. The number of hydrogen-bond donors (Lipinski definition) is 1. The molecule has 1 aromatic carbocycles. The third-order valence-corrected chi connectivity index (χ3v) is 3.05. The Hall–Kier alpha value is -1.88. The number of Topliss-reactive ketones (excluding diaryl/α,β-unsaturated/α-hetero) is 1. The highest BCUT2D eigenvalue weighted by atomic mass is 16.4. The van der Waals surface area contributed by atoms with E-state index in [1.165, 1.54) is 0 Å². The Kier molecular flexibility index (Phi) is 4.16. The molecular weight excluding hydrogens is 244 g/mol. The lowest BCUT2D eigenvalue weighted by Crippen LogP contribution is -2.13. The second-order valence-electron chi connectivity index (χ2n) is 4.52. The lowest BCUT2D eigenvalue weighted by molar-refractivity contribution is 0.0981. The van der Waals surface area contributed by atoms with E-state index >= 15 is 0 Å². The molecule has 102 valence electrons. The summed E-state index contributed by atoms with van der Waals surface area (Å²) < 4.78 is 6.76. The van der Waals surface area contributed by atoms with Crippen molar-refractivity contribution in [3.63, 3.8) is 0 Å². The van der Waals surface area contributed by atoms with E-state index in [4.69, 9.17) is 10.2 Å². The highest BCUT2D eigenvalue weighted by Crippen LogP contribution is 2.17. The van der Waals surface area contributed by atoms with Crippen LogP contribution >= 0.6 is 0 Å². The Morgan fingerprint density at radius 3 is 2.89 bits per heavy atom. The highest BCUT2D eigenvalue weighted by Gasteiger charge is 2.12. The van der Waals surface area contributed by atoms with Crippen LogP contribution in [0.5, 0.6) is 0 Å². The third kappa shape index (κ3) is 2.76. The van der Waals surface area contributed by atoms with Gasteiger partial charge >= 0.3 is 5.76 Å². The molecule has 5 heteroatoms. The fourth-order valence-electron chi connectivity index (χ4n) is 2.08. The van der Waals surface area contributed by atoms with Crippen molar-refractivity contribution in [3.8, 4) is 0 Å². The van der Waals surface area contributed by atoms with Crippen LogP contribution in [0.1, 0.15) is 36.5 Å². The van der Waals surface area contributed by atoms with Crippen LogP contribution in [-0.2, 0) is 6.54 Å². The van der Waals surface area contributed by atoms with Crippen molar-refractivity contribution in [2.24, 2.45) is 5.73 Å². The fourth-order valence-corrected chi connectivity index (χ4v) is 2.08. The molecule has 0 radical (unpaired) electrons. The molecule has 0 aliphatic rings. The molecule has 19 heavy (non-hydrogen) atoms. The van der Waals surface area contributed by atoms with Crippen molar-refractivity contribution in [2.75, 3.05) is 6.54 Å². The van der Waals surface area contributed by atoms with Crippen molar-refractivity contribution in [1.29, 1.82) is 0 Å². The first-order chi connectivity index (χ1) is 9.17. The topological polar surface area (TPSA) is 78.2 Å². The summed E-state index contributed by atoms with van der Waals surface area (Å²) in [7, 11) is 0. The number of carbonyl (C=O) groups is 1. The zero-order valence-corrected chi connectivity index (χ0v) is 11.0. The first-order valence-corrected chi connectivity index (χ1v) is 6.54. The maximum atomic E-state index is 11.9. The summed E-state index contributed by atoms with van der Waals surface area (Å²) in [6, 6.07) is 5.15. The second kappa shape index (κ2) is 5.84. The highest BCUT2D eigenvalue weighted by molar-refractivity contribution is 5.98. The molecule has 0 saturated heterocycles. The molecule has 2 aromatic rings. The number of aromatic nitrogens is 1. The summed E-state index contributed by atoms with van der Waals surface area (Å²) in [4.78, 5) is 23.6. The van der Waals surface area contributed by atoms with Crippen LogP contribution in [0.2, 0.25) is 0 Å². The van der Waals surface area contributed by atoms with Crippen molar-refractivity contribution in [2.45, 2.75) is 32.7 Å². The van der Waals surface area contributed by atoms with Crippen LogP contribution in [-0.4, -0.2) is 16.9 Å². The fraction of sp³-hybridized carbons (Fsp3) is 0.429. The van der Waals surface area contributed by atoms with E-state index in [2.05, 4.69) is 0 Å². The van der Waals surface area contributed by atoms with E-state index in [1.807, 2.05) is 6.92 Å². The van der Waals surface area contributed by atoms with Crippen LogP contribution in [0.3, 0.4) is 0 Å². The van der Waals surface area contributed by atoms with Gasteiger partial charge in [-0.25, -0.2) is 4.79 Å². The predicted molar refractivity (Wildman–Crippen MR) is 73.4 cm³/mol. The van der Waals surface area contributed by atoms with Gasteiger partial charge in [0.2, 0.25) is 0 Å². The number of carbonyl (C=O) groups excluding carboxylic acids is 1. The van der Waals surface area contributed by atoms with Crippen molar-refractivity contribution in [3.05, 3.63) is 34.3 Å². The van der Waals surface area contributed by atoms with Gasteiger partial charge in [-0.3, -0.25) is 9.36 Å². The number of aryl methyl sites for hydroxylation is 1. The van der Waals surface area contributed by atoms with Crippen LogP contribution < -0.4 is 11.5 Å². The molecule has 2 rings (SSSR count). The monoisotopic (exact) mass is 262 g/mol. The summed E-state index contributed by atoms with van der Waals surface area (Å²) in [5, 5.41) is 0. The largest absolute Gasteiger partial charge is 0.419 e. The predicted octanol–water partition coefficient (Wildman–Crippen LogP) is 1.93. The maximum Gasteiger partial charge on any atom is 0.419 e. The Morgan fingerprint density at radius 2 is 2.21 bits per heavy atom. The van der Waals surface area contributed by atoms with Gasteiger partial charge in [-0.2, -0.15) is 0 Å². The summed E-state index contributed by atoms with van der Waals surface area (Å²) >= 11 is 0. The number of ketones is 1. The van der Waals surface area contributed by atoms with E-state index < -0.39 is 0 Å². The molecule has 0 unspecified atom stereocenters. The number of nitrogens with zero attached hydrogens (tertiary/aromatic N) is 1. The van der Waals surface area contributed by atoms with Gasteiger partial charge in [-0.1, -0.05) is 6.92 Å². The molecule has 1 aromatic heterocycles. The number of nitrogens with two attached hydrogens (primary N) is 1. The van der Waals surface area contributed by atoms with E-state index in [9.17, 15) is 9.59 Å². The molecule has 0 aliphatic carbocycles. The van der Waals surface area contributed by atoms with Crippen molar-refractivity contribution >= 4 is 16.9 Å². The summed E-state index contributed by atoms with van der Waals surface area (Å²) in [5.74, 6) is -0.346. The van der Waals surface area contributed by atoms with Gasteiger partial charge in [-0.15, -0.1) is 0 Å². The van der Waals surface area contributed by atoms with Crippen LogP contribution in [0.4, 0.5) is 0 Å². The minimum Gasteiger partial charge on any atom is -0.408 e. The number of benzene rings is 1. The molecule has 2 N–H and O–H groups in total. The zero-order valence-electron chi connectivity index (χ0n) is 11.0. The van der Waals surface area contributed by atoms with Gasteiger partial charge in [0.1, 0.15) is 0 Å². The molecule has 0 fully saturated rings. The Balaban J connectivity index is 2.36. The molecule has 1 heterocycles. The molecule has 0 bridgehead atoms. The molecule has 0 aliphatic heterocycles. The lowest BCUT2D eigenvalue weighted by atomic mass is 10.1. The SMILES string of the molecule is CCCn1c(=O)oc2cc(C(=O)CCCN)ccc21. The zero-order chi connectivity index (χ0) is 13.8. The quantitative estimate of drug-likeness (QED) is 0.807. The Labute approximate surface area is 111 Å². The van der Waals surface area contributed by atoms with Crippen LogP contribution in [0.15, 0.2) is 27.4 Å². The average molecular weight is 262 g/mol. The van der Waals surface area contributed by atoms with E-state index in [1.54, 1.807) is 22.8 Å². The maximum absolute atomic E-state index is 11.9. The van der Waals surface area contributed by atoms with Gasteiger partial charge in [0, 0.05) is 18.5 Å². The first-order valence-electron chi connectivity index (χ1n) is 6.54. The van der Waals surface area contributed by atoms with E-state index in [-0.39, 0.29) is 11.5 Å². The minimum absolute atomic E-state index is 0.0261. The molecule has 0 amide bonds. The summed E-state index contributed by atoms with van der Waals surface area (Å²) in [5.41, 5.74) is 7.16. The first kappa shape index (κ1) is 13.5. The van der Waals surface area contributed by atoms with Gasteiger partial charge < -0.3 is 10.2 Å². The number of hydrogen-bond acceptors (Lipinski definition) is 4. The van der Waals surface area contributed by atoms with Gasteiger partial charge in [-0.05, 0) is 37.6 Å². The molecule has 0 spiro atoms. The summed E-state index contributed by atoms with van der Waals surface area (Å²) in [6.45, 7) is 3.11. The van der Waals surface area contributed by atoms with Crippen LogP contribution in [0, 0.1) is 0 Å². The lowest BCUT2D eigenvalue weighted by Gasteiger charge is -2.01. The number of rotatable bonds is 6. The van der Waals surface area contributed by atoms with Gasteiger partial charge in [0.25, 0.3) is 0 Å². The average Bonchev–Trinajstić information content (AvgIpc) is 2.72. The van der Waals surface area contributed by atoms with Crippen molar-refractivity contribution < 1.29 is 9.21 Å². The molecule has 0 atom stereocenters. The van der Waals surface area contributed by atoms with Gasteiger partial charge in [0.15, 0.2) is 11.4 Å². The number of oxazole rings is 1. The van der Waals surface area contributed by atoms with Crippen LogP contribution in [0.25, 0.3) is 11.1 Å². The molecular formula is C14H18N2O3. The third-order valence-electron chi connectivity index (χ3n) is 3.05. The molecule has 5 nitrogen and oxygen atoms in total. The Bertz CT molecular complexity index is 640. The summed E-state index contributed by atoms with van der Waals surface area (Å²) in [6.07, 6.45) is 1.94. The standard InChI is InChI=1S/C14H18N2O3/c1-2-8-16-11-6-5-10(12(17)4-3-7-15)9-13(11)19-14(16)18/h5-6,9H,2-4,7-8,15H2,1H3. The Morgan fingerprint density at radius 1 is 1.42 bits per heavy atom.